The van der Waals surface area contributed by atoms with Crippen molar-refractivity contribution < 1.29 is 0 Å². The van der Waals surface area contributed by atoms with Gasteiger partial charge in [0.05, 0.1) is 5.02 Å². The van der Waals surface area contributed by atoms with Crippen LogP contribution in [0.5, 0.6) is 0 Å². The molecule has 0 aliphatic carbocycles. The molecule has 0 saturated carbocycles. The Labute approximate surface area is 98.3 Å². The highest BCUT2D eigenvalue weighted by atomic mass is 35.5. The van der Waals surface area contributed by atoms with Crippen molar-refractivity contribution in [3.05, 3.63) is 21.3 Å². The number of thioether (sulfide) groups is 1. The molecular formula is C7H6ClN3S3. The fraction of sp³-hybridized carbons (Fsp3) is 0.143. The minimum absolute atomic E-state index is 0.504. The molecule has 74 valence electrons. The number of anilines is 1. The third-order valence-electron chi connectivity index (χ3n) is 1.44. The quantitative estimate of drug-likeness (QED) is 0.865. The Morgan fingerprint density at radius 1 is 1.50 bits per heavy atom. The van der Waals surface area contributed by atoms with E-state index >= 15 is 0 Å². The molecule has 0 fully saturated rings. The Hall–Kier alpha value is -0.300. The van der Waals surface area contributed by atoms with Gasteiger partial charge in [-0.2, -0.15) is 0 Å². The van der Waals surface area contributed by atoms with Crippen LogP contribution in [-0.4, -0.2) is 10.2 Å². The number of nitrogens with zero attached hydrogens (tertiary/aromatic N) is 2. The summed E-state index contributed by atoms with van der Waals surface area (Å²) in [6, 6.07) is 1.90. The number of hydrogen-bond acceptors (Lipinski definition) is 6. The number of nitrogens with two attached hydrogens (primary N) is 1. The van der Waals surface area contributed by atoms with Gasteiger partial charge < -0.3 is 5.73 Å². The smallest absolute Gasteiger partial charge is 0.203 e. The molecule has 2 N–H and O–H groups in total. The van der Waals surface area contributed by atoms with Crippen molar-refractivity contribution in [2.45, 2.75) is 10.1 Å². The summed E-state index contributed by atoms with van der Waals surface area (Å²) in [5, 5.41) is 11.0. The second-order valence-corrected chi connectivity index (χ2v) is 6.03. The van der Waals surface area contributed by atoms with E-state index in [0.29, 0.717) is 5.13 Å². The fourth-order valence-electron chi connectivity index (χ4n) is 0.834. The van der Waals surface area contributed by atoms with Gasteiger partial charge >= 0.3 is 0 Å². The van der Waals surface area contributed by atoms with E-state index in [-0.39, 0.29) is 0 Å². The SMILES string of the molecule is Nc1nnc(SCc2sccc2Cl)s1. The molecule has 0 bridgehead atoms. The highest BCUT2D eigenvalue weighted by molar-refractivity contribution is 8.00. The fourth-order valence-corrected chi connectivity index (χ4v) is 3.77. The molecule has 0 amide bonds. The molecule has 2 heterocycles. The lowest BCUT2D eigenvalue weighted by Gasteiger charge is -1.93. The lowest BCUT2D eigenvalue weighted by Crippen LogP contribution is -1.79. The van der Waals surface area contributed by atoms with Crippen molar-refractivity contribution in [2.24, 2.45) is 0 Å². The van der Waals surface area contributed by atoms with Gasteiger partial charge in [-0.15, -0.1) is 21.5 Å². The van der Waals surface area contributed by atoms with Crippen LogP contribution < -0.4 is 5.73 Å². The Bertz CT molecular complexity index is 425. The van der Waals surface area contributed by atoms with Crippen LogP contribution in [0, 0.1) is 0 Å². The largest absolute Gasteiger partial charge is 0.374 e. The second kappa shape index (κ2) is 4.48. The topological polar surface area (TPSA) is 51.8 Å². The maximum atomic E-state index is 5.95. The molecule has 3 nitrogen and oxygen atoms in total. The van der Waals surface area contributed by atoms with Crippen molar-refractivity contribution in [3.63, 3.8) is 0 Å². The van der Waals surface area contributed by atoms with E-state index in [1.807, 2.05) is 11.4 Å². The van der Waals surface area contributed by atoms with Crippen molar-refractivity contribution in [3.8, 4) is 0 Å². The molecule has 0 aliphatic heterocycles. The molecule has 7 heteroatoms. The van der Waals surface area contributed by atoms with Gasteiger partial charge in [-0.1, -0.05) is 34.7 Å². The van der Waals surface area contributed by atoms with Crippen LogP contribution in [0.25, 0.3) is 0 Å². The molecule has 0 saturated heterocycles. The standard InChI is InChI=1S/C7H6ClN3S3/c8-4-1-2-12-5(4)3-13-7-11-10-6(9)14-7/h1-2H,3H2,(H2,9,10). The minimum Gasteiger partial charge on any atom is -0.374 e. The zero-order valence-electron chi connectivity index (χ0n) is 6.94. The molecule has 2 aromatic rings. The summed E-state index contributed by atoms with van der Waals surface area (Å²) in [5.41, 5.74) is 5.47. The molecule has 2 aromatic heterocycles. The van der Waals surface area contributed by atoms with Crippen LogP contribution in [0.1, 0.15) is 4.88 Å². The highest BCUT2D eigenvalue weighted by Crippen LogP contribution is 2.31. The summed E-state index contributed by atoms with van der Waals surface area (Å²) < 4.78 is 0.881. The maximum absolute atomic E-state index is 5.95. The van der Waals surface area contributed by atoms with Crippen LogP contribution in [0.4, 0.5) is 5.13 Å². The van der Waals surface area contributed by atoms with Crippen LogP contribution in [-0.2, 0) is 5.75 Å². The molecule has 0 radical (unpaired) electrons. The van der Waals surface area contributed by atoms with Crippen molar-refractivity contribution in [1.82, 2.24) is 10.2 Å². The lowest BCUT2D eigenvalue weighted by atomic mass is 10.5. The first-order chi connectivity index (χ1) is 6.75. The van der Waals surface area contributed by atoms with Gasteiger partial charge in [-0.3, -0.25) is 0 Å². The Kier molecular flexibility index (Phi) is 3.27. The van der Waals surface area contributed by atoms with E-state index in [2.05, 4.69) is 10.2 Å². The summed E-state index contributed by atoms with van der Waals surface area (Å²) in [6.07, 6.45) is 0. The van der Waals surface area contributed by atoms with Crippen LogP contribution in [0.2, 0.25) is 5.02 Å². The van der Waals surface area contributed by atoms with Crippen molar-refractivity contribution >= 4 is 51.2 Å². The summed E-state index contributed by atoms with van der Waals surface area (Å²) in [7, 11) is 0. The van der Waals surface area contributed by atoms with Gasteiger partial charge in [0.25, 0.3) is 0 Å². The summed E-state index contributed by atoms with van der Waals surface area (Å²) in [4.78, 5) is 1.16. The highest BCUT2D eigenvalue weighted by Gasteiger charge is 2.05. The van der Waals surface area contributed by atoms with Crippen LogP contribution >= 0.6 is 46.0 Å². The molecule has 0 aliphatic rings. The average Bonchev–Trinajstić information content (AvgIpc) is 2.72. The van der Waals surface area contributed by atoms with Gasteiger partial charge in [0.1, 0.15) is 0 Å². The predicted octanol–water partition coefficient (Wildman–Crippen LogP) is 3.13. The van der Waals surface area contributed by atoms with Gasteiger partial charge in [0.15, 0.2) is 4.34 Å². The van der Waals surface area contributed by atoms with E-state index in [1.165, 1.54) is 11.3 Å². The molecule has 14 heavy (non-hydrogen) atoms. The average molecular weight is 264 g/mol. The van der Waals surface area contributed by atoms with Crippen LogP contribution in [0.3, 0.4) is 0 Å². The molecule has 2 rings (SSSR count). The number of rotatable bonds is 3. The summed E-state index contributed by atoms with van der Waals surface area (Å²) in [5.74, 6) is 0.825. The summed E-state index contributed by atoms with van der Waals surface area (Å²) in [6.45, 7) is 0. The number of aromatic nitrogens is 2. The zero-order chi connectivity index (χ0) is 9.97. The van der Waals surface area contributed by atoms with Gasteiger partial charge in [0, 0.05) is 10.6 Å². The van der Waals surface area contributed by atoms with E-state index < -0.39 is 0 Å². The number of halogens is 1. The third-order valence-corrected chi connectivity index (χ3v) is 4.92. The second-order valence-electron chi connectivity index (χ2n) is 2.39. The molecular weight excluding hydrogens is 258 g/mol. The Morgan fingerprint density at radius 2 is 2.36 bits per heavy atom. The number of nitrogen functional groups attached to an aromatic ring is 1. The number of thiophene rings is 1. The molecule has 0 atom stereocenters. The van der Waals surface area contributed by atoms with E-state index in [9.17, 15) is 0 Å². The molecule has 0 spiro atoms. The molecule has 0 aromatic carbocycles. The normalized spacial score (nSPS) is 10.6. The zero-order valence-corrected chi connectivity index (χ0v) is 10.1. The Balaban J connectivity index is 1.98. The first kappa shape index (κ1) is 10.2. The van der Waals surface area contributed by atoms with Gasteiger partial charge in [-0.25, -0.2) is 0 Å². The Morgan fingerprint density at radius 3 is 2.93 bits per heavy atom. The maximum Gasteiger partial charge on any atom is 0.203 e. The van der Waals surface area contributed by atoms with Gasteiger partial charge in [0.2, 0.25) is 5.13 Å². The van der Waals surface area contributed by atoms with E-state index in [1.54, 1.807) is 23.1 Å². The van der Waals surface area contributed by atoms with Crippen molar-refractivity contribution in [2.75, 3.05) is 5.73 Å². The van der Waals surface area contributed by atoms with Gasteiger partial charge in [-0.05, 0) is 11.4 Å². The predicted molar refractivity (Wildman–Crippen MR) is 63.2 cm³/mol. The first-order valence-corrected chi connectivity index (χ1v) is 6.75. The van der Waals surface area contributed by atoms with E-state index in [0.717, 1.165) is 20.0 Å². The van der Waals surface area contributed by atoms with E-state index in [4.69, 9.17) is 17.3 Å². The minimum atomic E-state index is 0.504. The lowest BCUT2D eigenvalue weighted by molar-refractivity contribution is 1.02. The van der Waals surface area contributed by atoms with Crippen LogP contribution in [0.15, 0.2) is 15.8 Å². The summed E-state index contributed by atoms with van der Waals surface area (Å²) >= 11 is 10.6. The van der Waals surface area contributed by atoms with Crippen molar-refractivity contribution in [1.29, 1.82) is 0 Å². The monoisotopic (exact) mass is 263 g/mol. The molecule has 0 unspecified atom stereocenters. The first-order valence-electron chi connectivity index (χ1n) is 3.69. The number of hydrogen-bond donors (Lipinski definition) is 1. The third kappa shape index (κ3) is 2.38.